The number of amides is 3. The molecule has 3 aromatic rings. The van der Waals surface area contributed by atoms with Crippen molar-refractivity contribution in [2.24, 2.45) is 5.73 Å². The van der Waals surface area contributed by atoms with Crippen LogP contribution in [0.5, 0.6) is 0 Å². The summed E-state index contributed by atoms with van der Waals surface area (Å²) in [6.45, 7) is 2.43. The maximum absolute atomic E-state index is 12.9. The van der Waals surface area contributed by atoms with Gasteiger partial charge in [-0.15, -0.1) is 0 Å². The van der Waals surface area contributed by atoms with E-state index >= 15 is 0 Å². The summed E-state index contributed by atoms with van der Waals surface area (Å²) in [5.74, 6) is -0.963. The van der Waals surface area contributed by atoms with Gasteiger partial charge in [-0.25, -0.2) is 0 Å². The molecule has 8 nitrogen and oxygen atoms in total. The van der Waals surface area contributed by atoms with Crippen LogP contribution in [-0.2, 0) is 11.3 Å². The van der Waals surface area contributed by atoms with Crippen molar-refractivity contribution in [2.75, 3.05) is 13.1 Å². The van der Waals surface area contributed by atoms with Crippen molar-refractivity contribution in [3.05, 3.63) is 71.4 Å². The number of carbonyl (C=O) groups is 4. The summed E-state index contributed by atoms with van der Waals surface area (Å²) in [6, 6.07) is 13.6. The third-order valence-corrected chi connectivity index (χ3v) is 5.87. The lowest BCUT2D eigenvalue weighted by molar-refractivity contribution is -0.118. The number of rotatable bonds is 9. The number of nitrogens with two attached hydrogens (primary N) is 1. The van der Waals surface area contributed by atoms with E-state index in [0.717, 1.165) is 17.3 Å². The van der Waals surface area contributed by atoms with E-state index in [1.165, 1.54) is 11.8 Å². The van der Waals surface area contributed by atoms with Gasteiger partial charge in [0.15, 0.2) is 5.78 Å². The van der Waals surface area contributed by atoms with E-state index < -0.39 is 6.04 Å². The first kappa shape index (κ1) is 22.4. The van der Waals surface area contributed by atoms with Crippen molar-refractivity contribution in [1.29, 1.82) is 0 Å². The number of ketones is 1. The van der Waals surface area contributed by atoms with E-state index in [1.54, 1.807) is 30.5 Å². The number of fused-ring (bicyclic) bond motifs is 2. The van der Waals surface area contributed by atoms with Crippen LogP contribution in [0.15, 0.2) is 54.7 Å². The number of hydrogen-bond acceptors (Lipinski definition) is 5. The van der Waals surface area contributed by atoms with Crippen LogP contribution in [0.2, 0.25) is 0 Å². The van der Waals surface area contributed by atoms with Gasteiger partial charge in [-0.2, -0.15) is 0 Å². The van der Waals surface area contributed by atoms with Crippen LogP contribution in [0.4, 0.5) is 0 Å². The van der Waals surface area contributed by atoms with Crippen molar-refractivity contribution >= 4 is 34.4 Å². The summed E-state index contributed by atoms with van der Waals surface area (Å²) in [5, 5.41) is 3.39. The van der Waals surface area contributed by atoms with Crippen LogP contribution < -0.4 is 11.1 Å². The molecule has 0 bridgehead atoms. The van der Waals surface area contributed by atoms with Gasteiger partial charge in [0.25, 0.3) is 11.8 Å². The van der Waals surface area contributed by atoms with Gasteiger partial charge in [0.1, 0.15) is 0 Å². The lowest BCUT2D eigenvalue weighted by Gasteiger charge is -2.14. The fourth-order valence-electron chi connectivity index (χ4n) is 4.17. The molecule has 1 aliphatic rings. The first-order valence-electron chi connectivity index (χ1n) is 11.0. The average Bonchev–Trinajstić information content (AvgIpc) is 3.30. The lowest BCUT2D eigenvalue weighted by atomic mass is 10.0. The monoisotopic (exact) mass is 446 g/mol. The van der Waals surface area contributed by atoms with Crippen LogP contribution in [0, 0.1) is 0 Å². The number of nitrogens with zero attached hydrogens (tertiary/aromatic N) is 2. The molecule has 8 heteroatoms. The lowest BCUT2D eigenvalue weighted by Crippen LogP contribution is -2.41. The van der Waals surface area contributed by atoms with Crippen molar-refractivity contribution in [2.45, 2.75) is 32.4 Å². The van der Waals surface area contributed by atoms with Gasteiger partial charge >= 0.3 is 0 Å². The molecule has 1 unspecified atom stereocenters. The maximum Gasteiger partial charge on any atom is 0.261 e. The summed E-state index contributed by atoms with van der Waals surface area (Å²) >= 11 is 0. The fourth-order valence-corrected chi connectivity index (χ4v) is 4.17. The third-order valence-electron chi connectivity index (χ3n) is 5.87. The topological polar surface area (TPSA) is 114 Å². The smallest absolute Gasteiger partial charge is 0.261 e. The Hall–Kier alpha value is -3.78. The molecule has 33 heavy (non-hydrogen) atoms. The van der Waals surface area contributed by atoms with Crippen LogP contribution >= 0.6 is 0 Å². The second-order valence-corrected chi connectivity index (χ2v) is 8.18. The highest BCUT2D eigenvalue weighted by Crippen LogP contribution is 2.25. The molecule has 2 heterocycles. The van der Waals surface area contributed by atoms with Gasteiger partial charge in [-0.05, 0) is 31.0 Å². The Labute approximate surface area is 191 Å². The molecule has 0 radical (unpaired) electrons. The van der Waals surface area contributed by atoms with Crippen LogP contribution in [-0.4, -0.2) is 52.1 Å². The zero-order valence-corrected chi connectivity index (χ0v) is 18.4. The second kappa shape index (κ2) is 9.38. The molecule has 170 valence electrons. The molecular formula is C25H26N4O4. The highest BCUT2D eigenvalue weighted by atomic mass is 16.2. The van der Waals surface area contributed by atoms with Crippen LogP contribution in [0.1, 0.15) is 50.8 Å². The number of imide groups is 1. The molecule has 0 saturated heterocycles. The fraction of sp³-hybridized carbons (Fsp3) is 0.280. The van der Waals surface area contributed by atoms with E-state index in [2.05, 4.69) is 5.32 Å². The number of Topliss-reactive ketones (excluding diaryl/α,β-unsaturated/α-hetero) is 1. The number of aromatic nitrogens is 1. The maximum atomic E-state index is 12.9. The number of unbranched alkanes of at least 4 members (excludes halogenated alkanes) is 1. The molecule has 1 aromatic heterocycles. The van der Waals surface area contributed by atoms with Crippen LogP contribution in [0.25, 0.3) is 10.9 Å². The van der Waals surface area contributed by atoms with Crippen LogP contribution in [0.3, 0.4) is 0 Å². The number of aryl methyl sites for hydroxylation is 1. The zero-order chi connectivity index (χ0) is 23.5. The highest BCUT2D eigenvalue weighted by molar-refractivity contribution is 6.21. The molecule has 1 aliphatic heterocycles. The largest absolute Gasteiger partial charge is 0.354 e. The van der Waals surface area contributed by atoms with Gasteiger partial charge in [0.05, 0.1) is 17.2 Å². The number of benzene rings is 2. The Bertz CT molecular complexity index is 1210. The molecule has 0 aliphatic carbocycles. The minimum absolute atomic E-state index is 0.0773. The number of hydrogen-bond donors (Lipinski definition) is 2. The van der Waals surface area contributed by atoms with Crippen molar-refractivity contribution in [3.63, 3.8) is 0 Å². The van der Waals surface area contributed by atoms with Gasteiger partial charge in [0, 0.05) is 49.2 Å². The first-order valence-corrected chi connectivity index (χ1v) is 11.0. The standard InChI is InChI=1S/C25H26N4O4/c1-16(30)27-14-21(26)23(31)20-15-28(22-11-5-4-8-17(20)22)12-6-7-13-29-24(32)18-9-2-3-10-19(18)25(29)33/h2-5,8-11,15,21H,6-7,12-14,26H2,1H3,(H,27,30). The average molecular weight is 447 g/mol. The van der Waals surface area contributed by atoms with Gasteiger partial charge < -0.3 is 15.6 Å². The Morgan fingerprint density at radius 3 is 2.21 bits per heavy atom. The van der Waals surface area contributed by atoms with Crippen molar-refractivity contribution in [3.8, 4) is 0 Å². The third kappa shape index (κ3) is 4.42. The van der Waals surface area contributed by atoms with Gasteiger partial charge in [-0.3, -0.25) is 24.1 Å². The molecular weight excluding hydrogens is 420 g/mol. The predicted octanol–water partition coefficient (Wildman–Crippen LogP) is 2.36. The second-order valence-electron chi connectivity index (χ2n) is 8.18. The Morgan fingerprint density at radius 2 is 1.55 bits per heavy atom. The summed E-state index contributed by atoms with van der Waals surface area (Å²) < 4.78 is 2.00. The zero-order valence-electron chi connectivity index (χ0n) is 18.4. The highest BCUT2D eigenvalue weighted by Gasteiger charge is 2.34. The molecule has 1 atom stereocenters. The summed E-state index contributed by atoms with van der Waals surface area (Å²) in [7, 11) is 0. The number of nitrogens with one attached hydrogen (secondary N) is 1. The van der Waals surface area contributed by atoms with Gasteiger partial charge in [-0.1, -0.05) is 30.3 Å². The SMILES string of the molecule is CC(=O)NCC(N)C(=O)c1cn(CCCCN2C(=O)c3ccccc3C2=O)c2ccccc12. The summed E-state index contributed by atoms with van der Waals surface area (Å²) in [6.07, 6.45) is 3.16. The molecule has 4 rings (SSSR count). The molecule has 3 amide bonds. The minimum atomic E-state index is -0.832. The minimum Gasteiger partial charge on any atom is -0.354 e. The molecule has 2 aromatic carbocycles. The Kier molecular flexibility index (Phi) is 6.37. The Balaban J connectivity index is 1.41. The van der Waals surface area contributed by atoms with E-state index in [4.69, 9.17) is 5.73 Å². The summed E-state index contributed by atoms with van der Waals surface area (Å²) in [5.41, 5.74) is 8.35. The summed E-state index contributed by atoms with van der Waals surface area (Å²) in [4.78, 5) is 50.4. The van der Waals surface area contributed by atoms with Gasteiger partial charge in [0.2, 0.25) is 5.91 Å². The van der Waals surface area contributed by atoms with Crippen molar-refractivity contribution < 1.29 is 19.2 Å². The predicted molar refractivity (Wildman–Crippen MR) is 124 cm³/mol. The van der Waals surface area contributed by atoms with Crippen molar-refractivity contribution in [1.82, 2.24) is 14.8 Å². The normalized spacial score (nSPS) is 13.9. The van der Waals surface area contributed by atoms with E-state index in [9.17, 15) is 19.2 Å². The Morgan fingerprint density at radius 1 is 0.939 bits per heavy atom. The molecule has 0 saturated carbocycles. The van der Waals surface area contributed by atoms with E-state index in [0.29, 0.717) is 36.2 Å². The molecule has 0 fully saturated rings. The molecule has 3 N–H and O–H groups in total. The quantitative estimate of drug-likeness (QED) is 0.298. The number of para-hydroxylation sites is 1. The van der Waals surface area contributed by atoms with E-state index in [1.807, 2.05) is 28.8 Å². The first-order chi connectivity index (χ1) is 15.9. The van der Waals surface area contributed by atoms with E-state index in [-0.39, 0.29) is 30.0 Å². The molecule has 0 spiro atoms. The number of carbonyl (C=O) groups excluding carboxylic acids is 4.